The first-order valence-corrected chi connectivity index (χ1v) is 7.51. The molecule has 3 rings (SSSR count). The Morgan fingerprint density at radius 1 is 1.17 bits per heavy atom. The molecular formula is C15H28N2O. The summed E-state index contributed by atoms with van der Waals surface area (Å²) in [4.78, 5) is 5.40. The van der Waals surface area contributed by atoms with Gasteiger partial charge in [0.05, 0.1) is 13.2 Å². The molecule has 0 spiro atoms. The monoisotopic (exact) mass is 252 g/mol. The van der Waals surface area contributed by atoms with Gasteiger partial charge in [-0.25, -0.2) is 0 Å². The number of morpholine rings is 1. The highest BCUT2D eigenvalue weighted by Crippen LogP contribution is 2.61. The number of piperidine rings is 1. The van der Waals surface area contributed by atoms with E-state index in [1.807, 2.05) is 0 Å². The molecule has 0 amide bonds. The van der Waals surface area contributed by atoms with Crippen molar-refractivity contribution in [1.29, 1.82) is 0 Å². The fourth-order valence-electron chi connectivity index (χ4n) is 4.50. The molecule has 0 bridgehead atoms. The summed E-state index contributed by atoms with van der Waals surface area (Å²) in [7, 11) is 0. The maximum atomic E-state index is 5.46. The second-order valence-electron chi connectivity index (χ2n) is 7.60. The van der Waals surface area contributed by atoms with Gasteiger partial charge in [0.25, 0.3) is 0 Å². The van der Waals surface area contributed by atoms with Crippen LogP contribution in [0.4, 0.5) is 0 Å². The predicted molar refractivity (Wildman–Crippen MR) is 73.8 cm³/mol. The van der Waals surface area contributed by atoms with Gasteiger partial charge < -0.3 is 4.74 Å². The van der Waals surface area contributed by atoms with E-state index in [-0.39, 0.29) is 0 Å². The lowest BCUT2D eigenvalue weighted by Gasteiger charge is -2.37. The van der Waals surface area contributed by atoms with Crippen LogP contribution in [0.3, 0.4) is 0 Å². The number of ether oxygens (including phenoxy) is 1. The van der Waals surface area contributed by atoms with Crippen LogP contribution >= 0.6 is 0 Å². The first-order chi connectivity index (χ1) is 8.42. The van der Waals surface area contributed by atoms with E-state index < -0.39 is 0 Å². The van der Waals surface area contributed by atoms with Gasteiger partial charge in [0.1, 0.15) is 0 Å². The van der Waals surface area contributed by atoms with E-state index in [9.17, 15) is 0 Å². The van der Waals surface area contributed by atoms with E-state index in [1.165, 1.54) is 19.4 Å². The van der Waals surface area contributed by atoms with Gasteiger partial charge >= 0.3 is 0 Å². The van der Waals surface area contributed by atoms with E-state index in [1.54, 1.807) is 0 Å². The quantitative estimate of drug-likeness (QED) is 0.747. The molecule has 1 saturated carbocycles. The number of rotatable bonds is 2. The van der Waals surface area contributed by atoms with Crippen LogP contribution in [-0.4, -0.2) is 60.3 Å². The highest BCUT2D eigenvalue weighted by Gasteiger charge is 2.65. The lowest BCUT2D eigenvalue weighted by molar-refractivity contribution is 0.0280. The molecule has 3 fully saturated rings. The summed E-state index contributed by atoms with van der Waals surface area (Å²) >= 11 is 0. The van der Waals surface area contributed by atoms with Gasteiger partial charge in [-0.2, -0.15) is 0 Å². The summed E-state index contributed by atoms with van der Waals surface area (Å²) in [5.41, 5.74) is 0.942. The van der Waals surface area contributed by atoms with Crippen LogP contribution in [0.25, 0.3) is 0 Å². The Morgan fingerprint density at radius 2 is 1.83 bits per heavy atom. The molecule has 3 aliphatic rings. The molecule has 0 aromatic carbocycles. The molecule has 0 radical (unpaired) electrons. The van der Waals surface area contributed by atoms with Crippen molar-refractivity contribution in [3.63, 3.8) is 0 Å². The molecule has 104 valence electrons. The lowest BCUT2D eigenvalue weighted by Crippen LogP contribution is -2.45. The largest absolute Gasteiger partial charge is 0.379 e. The highest BCUT2D eigenvalue weighted by atomic mass is 16.5. The third-order valence-corrected chi connectivity index (χ3v) is 5.08. The summed E-state index contributed by atoms with van der Waals surface area (Å²) in [6, 6.07) is 1.60. The molecule has 2 unspecified atom stereocenters. The molecule has 3 heteroatoms. The van der Waals surface area contributed by atoms with Gasteiger partial charge in [0.15, 0.2) is 0 Å². The minimum atomic E-state index is 0.327. The average molecular weight is 252 g/mol. The fourth-order valence-corrected chi connectivity index (χ4v) is 4.50. The molecular weight excluding hydrogens is 224 g/mol. The predicted octanol–water partition coefficient (Wildman–Crippen LogP) is 1.97. The minimum absolute atomic E-state index is 0.327. The van der Waals surface area contributed by atoms with Crippen molar-refractivity contribution < 1.29 is 4.74 Å². The summed E-state index contributed by atoms with van der Waals surface area (Å²) in [6.07, 6.45) is 2.82. The summed E-state index contributed by atoms with van der Waals surface area (Å²) in [5.74, 6) is 0. The Bertz CT molecular complexity index is 319. The molecule has 2 saturated heterocycles. The van der Waals surface area contributed by atoms with Crippen molar-refractivity contribution in [3.05, 3.63) is 0 Å². The van der Waals surface area contributed by atoms with Crippen LogP contribution in [0.1, 0.15) is 40.5 Å². The van der Waals surface area contributed by atoms with Crippen LogP contribution in [0, 0.1) is 5.41 Å². The zero-order valence-electron chi connectivity index (χ0n) is 12.4. The van der Waals surface area contributed by atoms with Crippen LogP contribution < -0.4 is 0 Å². The smallest absolute Gasteiger partial charge is 0.0594 e. The first-order valence-electron chi connectivity index (χ1n) is 7.51. The first kappa shape index (κ1) is 12.9. The van der Waals surface area contributed by atoms with Crippen LogP contribution in [0.15, 0.2) is 0 Å². The molecule has 0 N–H and O–H groups in total. The van der Waals surface area contributed by atoms with Crippen molar-refractivity contribution in [3.8, 4) is 0 Å². The maximum Gasteiger partial charge on any atom is 0.0594 e. The Kier molecular flexibility index (Phi) is 3.00. The third kappa shape index (κ3) is 2.10. The average Bonchev–Trinajstić information content (AvgIpc) is 2.82. The Hall–Kier alpha value is -0.120. The highest BCUT2D eigenvalue weighted by molar-refractivity contribution is 5.19. The summed E-state index contributed by atoms with van der Waals surface area (Å²) in [6.45, 7) is 15.0. The number of hydrogen-bond acceptors (Lipinski definition) is 3. The number of hydrogen-bond donors (Lipinski definition) is 0. The number of nitrogens with zero attached hydrogens (tertiary/aromatic N) is 2. The van der Waals surface area contributed by atoms with Crippen molar-refractivity contribution >= 4 is 0 Å². The summed E-state index contributed by atoms with van der Waals surface area (Å²) in [5, 5.41) is 0. The van der Waals surface area contributed by atoms with Gasteiger partial charge in [-0.05, 0) is 40.5 Å². The Morgan fingerprint density at radius 3 is 2.39 bits per heavy atom. The van der Waals surface area contributed by atoms with E-state index in [0.717, 1.165) is 38.4 Å². The SMILES string of the molecule is C[C@@H]1CC2(CN3CCOCC3)CC2N1C(C)(C)C. The second-order valence-corrected chi connectivity index (χ2v) is 7.60. The molecule has 0 aromatic heterocycles. The molecule has 1 aliphatic carbocycles. The van der Waals surface area contributed by atoms with Gasteiger partial charge in [-0.15, -0.1) is 0 Å². The van der Waals surface area contributed by atoms with Gasteiger partial charge in [0, 0.05) is 42.7 Å². The number of likely N-dealkylation sites (tertiary alicyclic amines) is 1. The number of fused-ring (bicyclic) bond motifs is 1. The second kappa shape index (κ2) is 4.19. The zero-order valence-corrected chi connectivity index (χ0v) is 12.4. The molecule has 0 aromatic rings. The van der Waals surface area contributed by atoms with Crippen molar-refractivity contribution in [2.24, 2.45) is 5.41 Å². The normalized spacial score (nSPS) is 42.0. The van der Waals surface area contributed by atoms with E-state index >= 15 is 0 Å². The fraction of sp³-hybridized carbons (Fsp3) is 1.00. The lowest BCUT2D eigenvalue weighted by atomic mass is 9.98. The maximum absolute atomic E-state index is 5.46. The minimum Gasteiger partial charge on any atom is -0.379 e. The van der Waals surface area contributed by atoms with Crippen LogP contribution in [-0.2, 0) is 4.74 Å². The van der Waals surface area contributed by atoms with Crippen LogP contribution in [0.5, 0.6) is 0 Å². The van der Waals surface area contributed by atoms with Crippen LogP contribution in [0.2, 0.25) is 0 Å². The van der Waals surface area contributed by atoms with E-state index in [4.69, 9.17) is 4.74 Å². The molecule has 2 aliphatic heterocycles. The Balaban J connectivity index is 1.65. The zero-order chi connectivity index (χ0) is 13.0. The van der Waals surface area contributed by atoms with Gasteiger partial charge in [-0.3, -0.25) is 9.80 Å². The standard InChI is InChI=1S/C15H28N2O/c1-12-9-15(11-16-5-7-18-8-6-16)10-13(15)17(12)14(2,3)4/h12-13H,5-11H2,1-4H3/t12-,13?,15?/m1/s1. The molecule has 3 atom stereocenters. The van der Waals surface area contributed by atoms with E-state index in [2.05, 4.69) is 37.5 Å². The molecule has 3 nitrogen and oxygen atoms in total. The van der Waals surface area contributed by atoms with Gasteiger partial charge in [0.2, 0.25) is 0 Å². The topological polar surface area (TPSA) is 15.7 Å². The third-order valence-electron chi connectivity index (χ3n) is 5.08. The molecule has 2 heterocycles. The summed E-state index contributed by atoms with van der Waals surface area (Å²) < 4.78 is 5.46. The Labute approximate surface area is 111 Å². The van der Waals surface area contributed by atoms with E-state index in [0.29, 0.717) is 11.0 Å². The van der Waals surface area contributed by atoms with Crippen molar-refractivity contribution in [1.82, 2.24) is 9.80 Å². The van der Waals surface area contributed by atoms with Gasteiger partial charge in [-0.1, -0.05) is 0 Å². The van der Waals surface area contributed by atoms with Crippen molar-refractivity contribution in [2.45, 2.75) is 58.2 Å². The van der Waals surface area contributed by atoms with Crippen molar-refractivity contribution in [2.75, 3.05) is 32.8 Å². The molecule has 18 heavy (non-hydrogen) atoms.